The zero-order valence-electron chi connectivity index (χ0n) is 20.2. The molecule has 1 unspecified atom stereocenters. The Morgan fingerprint density at radius 2 is 1.79 bits per heavy atom. The molecule has 2 N–H and O–H groups in total. The fourth-order valence-electron chi connectivity index (χ4n) is 4.94. The molecule has 2 aromatic rings. The molecular weight excluding hydrogens is 428 g/mol. The van der Waals surface area contributed by atoms with Crippen molar-refractivity contribution >= 4 is 17.8 Å². The standard InChI is InChI=1S/C27H34N4O3/c1-19(2)17-27(3)25(33)31(26(28)29-27)18-20-12-14-30(15-13-20)24(32)21-8-7-11-23(16-21)34-22-9-5-4-6-10-22/h4-11,16,19-20H,12-15,17-18H2,1-3H3,(H2,28,29). The van der Waals surface area contributed by atoms with Crippen LogP contribution in [-0.4, -0.2) is 52.7 Å². The van der Waals surface area contributed by atoms with Crippen molar-refractivity contribution in [3.8, 4) is 11.5 Å². The molecule has 7 heteroatoms. The number of hydrogen-bond donors (Lipinski definition) is 1. The molecule has 2 aromatic carbocycles. The van der Waals surface area contributed by atoms with Crippen LogP contribution in [-0.2, 0) is 4.79 Å². The van der Waals surface area contributed by atoms with Gasteiger partial charge in [0.25, 0.3) is 11.8 Å². The third kappa shape index (κ3) is 5.24. The van der Waals surface area contributed by atoms with Gasteiger partial charge in [-0.25, -0.2) is 4.99 Å². The Labute approximate surface area is 201 Å². The fraction of sp³-hybridized carbons (Fsp3) is 0.444. The van der Waals surface area contributed by atoms with Gasteiger partial charge < -0.3 is 15.4 Å². The van der Waals surface area contributed by atoms with Gasteiger partial charge in [0.15, 0.2) is 5.96 Å². The number of carbonyl (C=O) groups excluding carboxylic acids is 2. The van der Waals surface area contributed by atoms with Crippen molar-refractivity contribution in [2.75, 3.05) is 19.6 Å². The number of carbonyl (C=O) groups is 2. The van der Waals surface area contributed by atoms with Crippen LogP contribution >= 0.6 is 0 Å². The maximum Gasteiger partial charge on any atom is 0.257 e. The molecule has 1 saturated heterocycles. The molecule has 0 aromatic heterocycles. The molecule has 7 nitrogen and oxygen atoms in total. The summed E-state index contributed by atoms with van der Waals surface area (Å²) in [6.07, 6.45) is 2.33. The highest BCUT2D eigenvalue weighted by Crippen LogP contribution is 2.30. The third-order valence-corrected chi connectivity index (χ3v) is 6.55. The lowest BCUT2D eigenvalue weighted by molar-refractivity contribution is -0.131. The van der Waals surface area contributed by atoms with E-state index < -0.39 is 5.54 Å². The molecule has 2 heterocycles. The predicted molar refractivity (Wildman–Crippen MR) is 133 cm³/mol. The number of guanidine groups is 1. The molecule has 0 spiro atoms. The number of aliphatic imine (C=N–C) groups is 1. The van der Waals surface area contributed by atoms with Crippen LogP contribution in [0.5, 0.6) is 11.5 Å². The van der Waals surface area contributed by atoms with Gasteiger partial charge in [0, 0.05) is 25.2 Å². The minimum atomic E-state index is -0.762. The molecular formula is C27H34N4O3. The van der Waals surface area contributed by atoms with E-state index in [1.165, 1.54) is 0 Å². The highest BCUT2D eigenvalue weighted by Gasteiger charge is 2.44. The van der Waals surface area contributed by atoms with E-state index in [0.717, 1.165) is 18.6 Å². The van der Waals surface area contributed by atoms with Crippen LogP contribution in [0.25, 0.3) is 0 Å². The van der Waals surface area contributed by atoms with Gasteiger partial charge in [-0.3, -0.25) is 14.5 Å². The lowest BCUT2D eigenvalue weighted by Gasteiger charge is -2.34. The van der Waals surface area contributed by atoms with Gasteiger partial charge in [-0.15, -0.1) is 0 Å². The molecule has 34 heavy (non-hydrogen) atoms. The number of para-hydroxylation sites is 1. The summed E-state index contributed by atoms with van der Waals surface area (Å²) in [6, 6.07) is 16.8. The Balaban J connectivity index is 1.33. The summed E-state index contributed by atoms with van der Waals surface area (Å²) in [6.45, 7) is 7.90. The first kappa shape index (κ1) is 23.8. The van der Waals surface area contributed by atoms with Crippen molar-refractivity contribution in [2.45, 2.75) is 45.6 Å². The van der Waals surface area contributed by atoms with Crippen molar-refractivity contribution in [2.24, 2.45) is 22.6 Å². The summed E-state index contributed by atoms with van der Waals surface area (Å²) >= 11 is 0. The topological polar surface area (TPSA) is 88.2 Å². The quantitative estimate of drug-likeness (QED) is 0.665. The number of hydrogen-bond acceptors (Lipinski definition) is 5. The second-order valence-corrected chi connectivity index (χ2v) is 9.94. The summed E-state index contributed by atoms with van der Waals surface area (Å²) < 4.78 is 5.88. The van der Waals surface area contributed by atoms with Gasteiger partial charge >= 0.3 is 0 Å². The first-order chi connectivity index (χ1) is 16.2. The molecule has 2 aliphatic rings. The third-order valence-electron chi connectivity index (χ3n) is 6.55. The summed E-state index contributed by atoms with van der Waals surface area (Å²) in [5.74, 6) is 2.33. The summed E-state index contributed by atoms with van der Waals surface area (Å²) in [4.78, 5) is 34.2. The Morgan fingerprint density at radius 1 is 1.12 bits per heavy atom. The number of likely N-dealkylation sites (tertiary alicyclic amines) is 1. The molecule has 1 fully saturated rings. The largest absolute Gasteiger partial charge is 0.457 e. The Hall–Kier alpha value is -3.35. The molecule has 0 bridgehead atoms. The van der Waals surface area contributed by atoms with E-state index in [9.17, 15) is 9.59 Å². The highest BCUT2D eigenvalue weighted by atomic mass is 16.5. The normalized spacial score (nSPS) is 21.2. The van der Waals surface area contributed by atoms with Gasteiger partial charge in [-0.1, -0.05) is 38.1 Å². The van der Waals surface area contributed by atoms with Crippen LogP contribution in [0.3, 0.4) is 0 Å². The van der Waals surface area contributed by atoms with Crippen molar-refractivity contribution in [1.82, 2.24) is 9.80 Å². The maximum atomic E-state index is 13.1. The lowest BCUT2D eigenvalue weighted by Crippen LogP contribution is -2.47. The van der Waals surface area contributed by atoms with Crippen LogP contribution in [0.15, 0.2) is 59.6 Å². The minimum absolute atomic E-state index is 0.000189. The SMILES string of the molecule is CC(C)CC1(C)N=C(N)N(CC2CCN(C(=O)c3cccc(Oc4ccccc4)c3)CC2)C1=O. The van der Waals surface area contributed by atoms with Crippen molar-refractivity contribution in [3.63, 3.8) is 0 Å². The number of rotatable bonds is 7. The van der Waals surface area contributed by atoms with Gasteiger partial charge in [-0.05, 0) is 68.4 Å². The zero-order valence-corrected chi connectivity index (χ0v) is 20.2. The van der Waals surface area contributed by atoms with Gasteiger partial charge in [0.05, 0.1) is 0 Å². The highest BCUT2D eigenvalue weighted by molar-refractivity contribution is 6.06. The Morgan fingerprint density at radius 3 is 2.47 bits per heavy atom. The fourth-order valence-corrected chi connectivity index (χ4v) is 4.94. The van der Waals surface area contributed by atoms with Crippen molar-refractivity contribution in [3.05, 3.63) is 60.2 Å². The predicted octanol–water partition coefficient (Wildman–Crippen LogP) is 4.29. The Kier molecular flexibility index (Phi) is 6.91. The molecule has 0 saturated carbocycles. The van der Waals surface area contributed by atoms with Crippen LogP contribution in [0, 0.1) is 11.8 Å². The summed E-state index contributed by atoms with van der Waals surface area (Å²) in [5, 5.41) is 0. The first-order valence-corrected chi connectivity index (χ1v) is 12.0. The van der Waals surface area contributed by atoms with E-state index in [1.54, 1.807) is 11.0 Å². The van der Waals surface area contributed by atoms with E-state index in [0.29, 0.717) is 49.2 Å². The number of nitrogens with zero attached hydrogens (tertiary/aromatic N) is 3. The average Bonchev–Trinajstić information content (AvgIpc) is 3.02. The second-order valence-electron chi connectivity index (χ2n) is 9.94. The Bertz CT molecular complexity index is 1060. The van der Waals surface area contributed by atoms with Gasteiger partial charge in [-0.2, -0.15) is 0 Å². The molecule has 0 radical (unpaired) electrons. The van der Waals surface area contributed by atoms with E-state index in [2.05, 4.69) is 18.8 Å². The first-order valence-electron chi connectivity index (χ1n) is 12.0. The number of ether oxygens (including phenoxy) is 1. The molecule has 2 aliphatic heterocycles. The molecule has 1 atom stereocenters. The lowest BCUT2D eigenvalue weighted by atomic mass is 9.90. The number of benzene rings is 2. The number of nitrogens with two attached hydrogens (primary N) is 1. The van der Waals surface area contributed by atoms with E-state index in [-0.39, 0.29) is 17.7 Å². The van der Waals surface area contributed by atoms with Crippen LogP contribution in [0.2, 0.25) is 0 Å². The molecule has 4 rings (SSSR count). The molecule has 0 aliphatic carbocycles. The molecule has 2 amide bonds. The average molecular weight is 463 g/mol. The smallest absolute Gasteiger partial charge is 0.257 e. The maximum absolute atomic E-state index is 13.1. The van der Waals surface area contributed by atoms with E-state index >= 15 is 0 Å². The van der Waals surface area contributed by atoms with Crippen LogP contribution in [0.1, 0.15) is 50.4 Å². The number of piperidine rings is 1. The zero-order chi connectivity index (χ0) is 24.3. The minimum Gasteiger partial charge on any atom is -0.457 e. The second kappa shape index (κ2) is 9.87. The van der Waals surface area contributed by atoms with Crippen molar-refractivity contribution < 1.29 is 14.3 Å². The summed E-state index contributed by atoms with van der Waals surface area (Å²) in [7, 11) is 0. The van der Waals surface area contributed by atoms with Gasteiger partial charge in [0.2, 0.25) is 0 Å². The van der Waals surface area contributed by atoms with Gasteiger partial charge in [0.1, 0.15) is 17.0 Å². The summed E-state index contributed by atoms with van der Waals surface area (Å²) in [5.41, 5.74) is 5.99. The monoisotopic (exact) mass is 462 g/mol. The van der Waals surface area contributed by atoms with Crippen LogP contribution < -0.4 is 10.5 Å². The van der Waals surface area contributed by atoms with E-state index in [4.69, 9.17) is 10.5 Å². The van der Waals surface area contributed by atoms with Crippen molar-refractivity contribution in [1.29, 1.82) is 0 Å². The van der Waals surface area contributed by atoms with Crippen LogP contribution in [0.4, 0.5) is 0 Å². The van der Waals surface area contributed by atoms with E-state index in [1.807, 2.05) is 60.4 Å². The molecule has 180 valence electrons. The number of amides is 2.